The first-order chi connectivity index (χ1) is 9.58. The number of carbonyl (C=O) groups excluding carboxylic acids is 1. The molecular weight excluding hydrogens is 278 g/mol. The molecule has 0 spiro atoms. The highest BCUT2D eigenvalue weighted by atomic mass is 35.5. The highest BCUT2D eigenvalue weighted by Crippen LogP contribution is 2.17. The Bertz CT molecular complexity index is 611. The second-order valence-electron chi connectivity index (χ2n) is 4.16. The number of carboxylic acids is 1. The van der Waals surface area contributed by atoms with Crippen LogP contribution in [0.2, 0.25) is 5.02 Å². The fraction of sp³-hybridized carbons (Fsp3) is 0.0667. The van der Waals surface area contributed by atoms with Crippen LogP contribution >= 0.6 is 11.6 Å². The van der Waals surface area contributed by atoms with Crippen molar-refractivity contribution in [3.8, 4) is 0 Å². The van der Waals surface area contributed by atoms with E-state index in [1.54, 1.807) is 54.6 Å². The van der Waals surface area contributed by atoms with Gasteiger partial charge in [0.2, 0.25) is 0 Å². The lowest BCUT2D eigenvalue weighted by Gasteiger charge is -2.15. The maximum atomic E-state index is 12.0. The van der Waals surface area contributed by atoms with Crippen LogP contribution in [0.3, 0.4) is 0 Å². The summed E-state index contributed by atoms with van der Waals surface area (Å²) in [6.07, 6.45) is 0. The van der Waals surface area contributed by atoms with E-state index in [4.69, 9.17) is 11.6 Å². The number of benzene rings is 2. The maximum absolute atomic E-state index is 12.0. The minimum absolute atomic E-state index is 0.410. The molecule has 2 aromatic rings. The minimum Gasteiger partial charge on any atom is -0.479 e. The van der Waals surface area contributed by atoms with E-state index in [-0.39, 0.29) is 0 Å². The lowest BCUT2D eigenvalue weighted by Crippen LogP contribution is -2.33. The van der Waals surface area contributed by atoms with Crippen molar-refractivity contribution in [2.45, 2.75) is 6.04 Å². The highest BCUT2D eigenvalue weighted by molar-refractivity contribution is 6.30. The van der Waals surface area contributed by atoms with Gasteiger partial charge in [-0.1, -0.05) is 41.9 Å². The summed E-state index contributed by atoms with van der Waals surface area (Å²) < 4.78 is 0. The summed E-state index contributed by atoms with van der Waals surface area (Å²) in [6, 6.07) is 13.7. The smallest absolute Gasteiger partial charge is 0.330 e. The molecule has 1 amide bonds. The first kappa shape index (κ1) is 14.1. The first-order valence-corrected chi connectivity index (χ1v) is 6.30. The van der Waals surface area contributed by atoms with Gasteiger partial charge in [-0.25, -0.2) is 4.79 Å². The molecule has 0 aliphatic rings. The molecule has 2 rings (SSSR count). The van der Waals surface area contributed by atoms with E-state index in [2.05, 4.69) is 5.32 Å². The zero-order valence-corrected chi connectivity index (χ0v) is 11.2. The highest BCUT2D eigenvalue weighted by Gasteiger charge is 2.22. The van der Waals surface area contributed by atoms with Crippen molar-refractivity contribution in [1.29, 1.82) is 0 Å². The van der Waals surface area contributed by atoms with Crippen molar-refractivity contribution in [3.63, 3.8) is 0 Å². The number of hydrogen-bond acceptors (Lipinski definition) is 2. The molecule has 0 aliphatic carbocycles. The number of rotatable bonds is 4. The second kappa shape index (κ2) is 6.21. The van der Waals surface area contributed by atoms with E-state index in [9.17, 15) is 14.7 Å². The van der Waals surface area contributed by atoms with Crippen LogP contribution in [0.4, 0.5) is 0 Å². The van der Waals surface area contributed by atoms with Crippen molar-refractivity contribution in [2.75, 3.05) is 0 Å². The van der Waals surface area contributed by atoms with Crippen molar-refractivity contribution >= 4 is 23.5 Å². The molecule has 0 heterocycles. The molecule has 0 fully saturated rings. The molecule has 0 aliphatic heterocycles. The predicted octanol–water partition coefficient (Wildman–Crippen LogP) is 2.90. The monoisotopic (exact) mass is 289 g/mol. The number of aliphatic carboxylic acids is 1. The van der Waals surface area contributed by atoms with E-state index < -0.39 is 17.9 Å². The molecule has 1 atom stereocenters. The van der Waals surface area contributed by atoms with Gasteiger partial charge >= 0.3 is 5.97 Å². The summed E-state index contributed by atoms with van der Waals surface area (Å²) in [7, 11) is 0. The molecule has 0 saturated heterocycles. The Labute approximate surface area is 121 Å². The molecule has 0 aromatic heterocycles. The number of carboxylic acid groups (broad SMARTS) is 1. The first-order valence-electron chi connectivity index (χ1n) is 5.92. The number of nitrogens with one attached hydrogen (secondary N) is 1. The summed E-state index contributed by atoms with van der Waals surface area (Å²) in [5.41, 5.74) is 0.874. The van der Waals surface area contributed by atoms with Crippen LogP contribution in [0.5, 0.6) is 0 Å². The van der Waals surface area contributed by atoms with Gasteiger partial charge in [0.1, 0.15) is 0 Å². The SMILES string of the molecule is O=C(N[C@H](C(=O)O)c1ccc(Cl)cc1)c1ccccc1. The van der Waals surface area contributed by atoms with E-state index in [0.717, 1.165) is 0 Å². The van der Waals surface area contributed by atoms with E-state index in [0.29, 0.717) is 16.1 Å². The van der Waals surface area contributed by atoms with Gasteiger partial charge in [0.25, 0.3) is 5.91 Å². The fourth-order valence-corrected chi connectivity index (χ4v) is 1.87. The molecule has 0 radical (unpaired) electrons. The molecule has 4 nitrogen and oxygen atoms in total. The molecule has 20 heavy (non-hydrogen) atoms. The van der Waals surface area contributed by atoms with Crippen molar-refractivity contribution in [1.82, 2.24) is 5.32 Å². The lowest BCUT2D eigenvalue weighted by atomic mass is 10.1. The molecule has 102 valence electrons. The third kappa shape index (κ3) is 3.36. The average Bonchev–Trinajstić information content (AvgIpc) is 2.46. The lowest BCUT2D eigenvalue weighted by molar-refractivity contribution is -0.139. The summed E-state index contributed by atoms with van der Waals surface area (Å²) in [5.74, 6) is -1.57. The standard InChI is InChI=1S/C15H12ClNO3/c16-12-8-6-10(7-9-12)13(15(19)20)17-14(18)11-4-2-1-3-5-11/h1-9,13H,(H,17,18)(H,19,20)/t13-/m0/s1. The summed E-state index contributed by atoms with van der Waals surface area (Å²) in [5, 5.41) is 12.2. The Morgan fingerprint density at radius 1 is 1.00 bits per heavy atom. The maximum Gasteiger partial charge on any atom is 0.330 e. The van der Waals surface area contributed by atoms with Crippen molar-refractivity contribution in [3.05, 3.63) is 70.7 Å². The quantitative estimate of drug-likeness (QED) is 0.909. The van der Waals surface area contributed by atoms with Gasteiger partial charge in [0.05, 0.1) is 0 Å². The van der Waals surface area contributed by atoms with Gasteiger partial charge < -0.3 is 10.4 Å². The van der Waals surface area contributed by atoms with Gasteiger partial charge in [-0.05, 0) is 29.8 Å². The van der Waals surface area contributed by atoms with Crippen LogP contribution in [0, 0.1) is 0 Å². The molecule has 2 N–H and O–H groups in total. The zero-order chi connectivity index (χ0) is 14.5. The number of amides is 1. The van der Waals surface area contributed by atoms with Crippen LogP contribution < -0.4 is 5.32 Å². The summed E-state index contributed by atoms with van der Waals surface area (Å²) >= 11 is 5.76. The predicted molar refractivity (Wildman–Crippen MR) is 75.7 cm³/mol. The number of halogens is 1. The average molecular weight is 290 g/mol. The van der Waals surface area contributed by atoms with Crippen LogP contribution in [0.1, 0.15) is 22.0 Å². The van der Waals surface area contributed by atoms with Gasteiger partial charge in [0, 0.05) is 10.6 Å². The van der Waals surface area contributed by atoms with Crippen LogP contribution in [0.15, 0.2) is 54.6 Å². The largest absolute Gasteiger partial charge is 0.479 e. The molecule has 0 bridgehead atoms. The Morgan fingerprint density at radius 3 is 2.15 bits per heavy atom. The third-order valence-corrected chi connectivity index (χ3v) is 3.01. The molecule has 2 aromatic carbocycles. The molecule has 5 heteroatoms. The Hall–Kier alpha value is -2.33. The van der Waals surface area contributed by atoms with Crippen molar-refractivity contribution < 1.29 is 14.7 Å². The molecule has 0 unspecified atom stereocenters. The van der Waals surface area contributed by atoms with E-state index >= 15 is 0 Å². The fourth-order valence-electron chi connectivity index (χ4n) is 1.75. The Kier molecular flexibility index (Phi) is 4.38. The van der Waals surface area contributed by atoms with Crippen LogP contribution in [-0.4, -0.2) is 17.0 Å². The van der Waals surface area contributed by atoms with Gasteiger partial charge in [-0.15, -0.1) is 0 Å². The van der Waals surface area contributed by atoms with E-state index in [1.165, 1.54) is 0 Å². The van der Waals surface area contributed by atoms with E-state index in [1.807, 2.05) is 0 Å². The van der Waals surface area contributed by atoms with Gasteiger partial charge in [0.15, 0.2) is 6.04 Å². The topological polar surface area (TPSA) is 66.4 Å². The number of hydrogen-bond donors (Lipinski definition) is 2. The third-order valence-electron chi connectivity index (χ3n) is 2.76. The zero-order valence-electron chi connectivity index (χ0n) is 10.4. The van der Waals surface area contributed by atoms with Gasteiger partial charge in [-0.3, -0.25) is 4.79 Å². The Balaban J connectivity index is 2.20. The Morgan fingerprint density at radius 2 is 1.60 bits per heavy atom. The number of carbonyl (C=O) groups is 2. The summed E-state index contributed by atoms with van der Waals surface area (Å²) in [4.78, 5) is 23.3. The second-order valence-corrected chi connectivity index (χ2v) is 4.60. The van der Waals surface area contributed by atoms with Gasteiger partial charge in [-0.2, -0.15) is 0 Å². The molecular formula is C15H12ClNO3. The van der Waals surface area contributed by atoms with Crippen LogP contribution in [0.25, 0.3) is 0 Å². The minimum atomic E-state index is -1.13. The molecule has 0 saturated carbocycles. The van der Waals surface area contributed by atoms with Crippen molar-refractivity contribution in [2.24, 2.45) is 0 Å². The normalized spacial score (nSPS) is 11.7. The summed E-state index contributed by atoms with van der Waals surface area (Å²) in [6.45, 7) is 0. The van der Waals surface area contributed by atoms with Crippen LogP contribution in [-0.2, 0) is 4.79 Å².